The van der Waals surface area contributed by atoms with Gasteiger partial charge in [0.25, 0.3) is 0 Å². The van der Waals surface area contributed by atoms with Gasteiger partial charge in [-0.2, -0.15) is 5.10 Å². The highest BCUT2D eigenvalue weighted by molar-refractivity contribution is 5.34. The maximum absolute atomic E-state index is 4.57. The van der Waals surface area contributed by atoms with Crippen molar-refractivity contribution >= 4 is 0 Å². The number of aryl methyl sites for hydroxylation is 3. The van der Waals surface area contributed by atoms with Crippen molar-refractivity contribution in [1.29, 1.82) is 0 Å². The predicted octanol–water partition coefficient (Wildman–Crippen LogP) is 3.32. The van der Waals surface area contributed by atoms with Gasteiger partial charge in [0, 0.05) is 13.2 Å². The van der Waals surface area contributed by atoms with Crippen LogP contribution in [0.2, 0.25) is 0 Å². The summed E-state index contributed by atoms with van der Waals surface area (Å²) >= 11 is 0. The summed E-state index contributed by atoms with van der Waals surface area (Å²) in [4.78, 5) is 0. The molecule has 1 unspecified atom stereocenters. The molecule has 108 valence electrons. The molecule has 0 amide bonds. The number of nitrogens with one attached hydrogen (secondary N) is 1. The Balaban J connectivity index is 2.23. The lowest BCUT2D eigenvalue weighted by molar-refractivity contribution is 0.509. The minimum Gasteiger partial charge on any atom is -0.308 e. The molecule has 1 N–H and O–H groups in total. The lowest BCUT2D eigenvalue weighted by Crippen LogP contribution is -2.25. The monoisotopic (exact) mass is 271 g/mol. The van der Waals surface area contributed by atoms with Gasteiger partial charge in [0.2, 0.25) is 0 Å². The van der Waals surface area contributed by atoms with Crippen LogP contribution in [0.15, 0.2) is 30.5 Å². The van der Waals surface area contributed by atoms with E-state index in [1.807, 2.05) is 17.9 Å². The SMILES string of the molecule is CCCNC(Cc1c(C)cccc1C)c1ccn(C)n1. The largest absolute Gasteiger partial charge is 0.308 e. The Morgan fingerprint density at radius 3 is 2.45 bits per heavy atom. The van der Waals surface area contributed by atoms with Crippen molar-refractivity contribution in [3.05, 3.63) is 52.8 Å². The predicted molar refractivity (Wildman–Crippen MR) is 83.9 cm³/mol. The number of hydrogen-bond donors (Lipinski definition) is 1. The van der Waals surface area contributed by atoms with Crippen LogP contribution in [0.4, 0.5) is 0 Å². The molecule has 0 spiro atoms. The molecule has 0 saturated carbocycles. The average molecular weight is 271 g/mol. The van der Waals surface area contributed by atoms with Gasteiger partial charge in [-0.3, -0.25) is 4.68 Å². The molecule has 1 aromatic heterocycles. The van der Waals surface area contributed by atoms with E-state index in [0.29, 0.717) is 0 Å². The van der Waals surface area contributed by atoms with Gasteiger partial charge in [-0.25, -0.2) is 0 Å². The van der Waals surface area contributed by atoms with Crippen LogP contribution in [0.25, 0.3) is 0 Å². The zero-order chi connectivity index (χ0) is 14.5. The Kier molecular flexibility index (Phi) is 4.96. The Morgan fingerprint density at radius 2 is 1.90 bits per heavy atom. The summed E-state index contributed by atoms with van der Waals surface area (Å²) in [6.45, 7) is 7.60. The van der Waals surface area contributed by atoms with Gasteiger partial charge in [0.15, 0.2) is 0 Å². The maximum atomic E-state index is 4.57. The maximum Gasteiger partial charge on any atom is 0.0797 e. The van der Waals surface area contributed by atoms with Crippen LogP contribution in [0.5, 0.6) is 0 Å². The van der Waals surface area contributed by atoms with E-state index in [2.05, 4.69) is 55.5 Å². The molecule has 0 fully saturated rings. The molecule has 0 aliphatic heterocycles. The topological polar surface area (TPSA) is 29.9 Å². The fraction of sp³-hybridized carbons (Fsp3) is 0.471. The van der Waals surface area contributed by atoms with Crippen LogP contribution < -0.4 is 5.32 Å². The number of nitrogens with zero attached hydrogens (tertiary/aromatic N) is 2. The van der Waals surface area contributed by atoms with Crippen molar-refractivity contribution in [2.75, 3.05) is 6.54 Å². The third-order valence-electron chi connectivity index (χ3n) is 3.78. The van der Waals surface area contributed by atoms with Crippen molar-refractivity contribution in [2.45, 2.75) is 39.7 Å². The molecular formula is C17H25N3. The summed E-state index contributed by atoms with van der Waals surface area (Å²) in [6, 6.07) is 8.91. The van der Waals surface area contributed by atoms with E-state index in [1.54, 1.807) is 0 Å². The Hall–Kier alpha value is -1.61. The second-order valence-electron chi connectivity index (χ2n) is 5.50. The Bertz CT molecular complexity index is 537. The van der Waals surface area contributed by atoms with Crippen molar-refractivity contribution in [1.82, 2.24) is 15.1 Å². The summed E-state index contributed by atoms with van der Waals surface area (Å²) in [5, 5.41) is 8.20. The van der Waals surface area contributed by atoms with Gasteiger partial charge in [-0.1, -0.05) is 25.1 Å². The van der Waals surface area contributed by atoms with E-state index >= 15 is 0 Å². The van der Waals surface area contributed by atoms with Crippen LogP contribution in [-0.4, -0.2) is 16.3 Å². The van der Waals surface area contributed by atoms with Gasteiger partial charge in [-0.15, -0.1) is 0 Å². The minimum atomic E-state index is 0.288. The average Bonchev–Trinajstić information content (AvgIpc) is 2.84. The summed E-state index contributed by atoms with van der Waals surface area (Å²) in [5.41, 5.74) is 5.30. The number of aromatic nitrogens is 2. The normalized spacial score (nSPS) is 12.6. The summed E-state index contributed by atoms with van der Waals surface area (Å²) in [7, 11) is 1.97. The van der Waals surface area contributed by atoms with Gasteiger partial charge in [0.1, 0.15) is 0 Å². The quantitative estimate of drug-likeness (QED) is 0.873. The van der Waals surface area contributed by atoms with E-state index in [0.717, 1.165) is 25.1 Å². The fourth-order valence-electron chi connectivity index (χ4n) is 2.59. The molecule has 3 heteroatoms. The fourth-order valence-corrected chi connectivity index (χ4v) is 2.59. The second kappa shape index (κ2) is 6.71. The lowest BCUT2D eigenvalue weighted by atomic mass is 9.95. The van der Waals surface area contributed by atoms with Crippen LogP contribution in [0.3, 0.4) is 0 Å². The zero-order valence-electron chi connectivity index (χ0n) is 13.0. The smallest absolute Gasteiger partial charge is 0.0797 e. The second-order valence-corrected chi connectivity index (χ2v) is 5.50. The van der Waals surface area contributed by atoms with E-state index in [4.69, 9.17) is 0 Å². The zero-order valence-corrected chi connectivity index (χ0v) is 13.0. The first-order valence-corrected chi connectivity index (χ1v) is 7.39. The molecule has 2 aromatic rings. The van der Waals surface area contributed by atoms with Crippen molar-refractivity contribution in [3.8, 4) is 0 Å². The molecule has 0 aliphatic rings. The first kappa shape index (κ1) is 14.8. The first-order chi connectivity index (χ1) is 9.61. The third-order valence-corrected chi connectivity index (χ3v) is 3.78. The number of hydrogen-bond acceptors (Lipinski definition) is 2. The molecule has 3 nitrogen and oxygen atoms in total. The number of benzene rings is 1. The highest BCUT2D eigenvalue weighted by atomic mass is 15.3. The molecule has 2 rings (SSSR count). The van der Waals surface area contributed by atoms with Gasteiger partial charge >= 0.3 is 0 Å². The molecule has 0 radical (unpaired) electrons. The van der Waals surface area contributed by atoms with E-state index in [-0.39, 0.29) is 6.04 Å². The molecule has 0 saturated heterocycles. The van der Waals surface area contributed by atoms with Gasteiger partial charge in [0.05, 0.1) is 11.7 Å². The minimum absolute atomic E-state index is 0.288. The van der Waals surface area contributed by atoms with Crippen molar-refractivity contribution in [3.63, 3.8) is 0 Å². The van der Waals surface area contributed by atoms with Gasteiger partial charge in [-0.05, 0) is 56.0 Å². The number of rotatable bonds is 6. The molecule has 20 heavy (non-hydrogen) atoms. The molecule has 1 atom stereocenters. The summed E-state index contributed by atoms with van der Waals surface area (Å²) in [6.07, 6.45) is 4.15. The van der Waals surface area contributed by atoms with Crippen LogP contribution in [0.1, 0.15) is 41.8 Å². The molecule has 1 heterocycles. The lowest BCUT2D eigenvalue weighted by Gasteiger charge is -2.19. The van der Waals surface area contributed by atoms with E-state index in [9.17, 15) is 0 Å². The van der Waals surface area contributed by atoms with Gasteiger partial charge < -0.3 is 5.32 Å². The van der Waals surface area contributed by atoms with Crippen molar-refractivity contribution in [2.24, 2.45) is 7.05 Å². The first-order valence-electron chi connectivity index (χ1n) is 7.39. The standard InChI is InChI=1S/C17H25N3/c1-5-10-18-17(16-9-11-20(4)19-16)12-15-13(2)7-6-8-14(15)3/h6-9,11,17-18H,5,10,12H2,1-4H3. The highest BCUT2D eigenvalue weighted by Crippen LogP contribution is 2.22. The highest BCUT2D eigenvalue weighted by Gasteiger charge is 2.16. The summed E-state index contributed by atoms with van der Waals surface area (Å²) < 4.78 is 1.88. The molecular weight excluding hydrogens is 246 g/mol. The van der Waals surface area contributed by atoms with Crippen LogP contribution in [-0.2, 0) is 13.5 Å². The van der Waals surface area contributed by atoms with E-state index in [1.165, 1.54) is 16.7 Å². The Morgan fingerprint density at radius 1 is 1.20 bits per heavy atom. The van der Waals surface area contributed by atoms with E-state index < -0.39 is 0 Å². The molecule has 1 aromatic carbocycles. The third kappa shape index (κ3) is 3.48. The molecule has 0 bridgehead atoms. The van der Waals surface area contributed by atoms with Crippen LogP contribution >= 0.6 is 0 Å². The van der Waals surface area contributed by atoms with Crippen LogP contribution in [0, 0.1) is 13.8 Å². The Labute approximate surface area is 122 Å². The van der Waals surface area contributed by atoms with Crippen molar-refractivity contribution < 1.29 is 0 Å². The molecule has 0 aliphatic carbocycles. The summed E-state index contributed by atoms with van der Waals surface area (Å²) in [5.74, 6) is 0.